The van der Waals surface area contributed by atoms with Crippen LogP contribution in [0.5, 0.6) is 0 Å². The molecule has 1 aliphatic carbocycles. The van der Waals surface area contributed by atoms with Gasteiger partial charge in [0.05, 0.1) is 17.9 Å². The number of aromatic nitrogens is 2. The Kier molecular flexibility index (Phi) is 4.24. The van der Waals surface area contributed by atoms with Crippen molar-refractivity contribution >= 4 is 27.2 Å². The molecule has 0 spiro atoms. The molecule has 0 bridgehead atoms. The summed E-state index contributed by atoms with van der Waals surface area (Å²) in [6.07, 6.45) is -1.79. The van der Waals surface area contributed by atoms with E-state index in [9.17, 15) is 26.4 Å². The highest BCUT2D eigenvalue weighted by Gasteiger charge is 2.38. The lowest BCUT2D eigenvalue weighted by molar-refractivity contribution is -0.137. The predicted octanol–water partition coefficient (Wildman–Crippen LogP) is 4.18. The maximum absolute atomic E-state index is 13.2. The van der Waals surface area contributed by atoms with Crippen molar-refractivity contribution in [2.75, 3.05) is 10.7 Å². The van der Waals surface area contributed by atoms with Gasteiger partial charge >= 0.3 is 6.18 Å². The Labute approximate surface area is 176 Å². The number of amides is 1. The summed E-state index contributed by atoms with van der Waals surface area (Å²) in [6.45, 7) is 1.51. The molecule has 1 aromatic carbocycles. The SMILES string of the molecule is CCS(=O)(=O)c1c(N2Cc3ccc(C4CC4)cc3C2=O)nc2ccc(C(F)(F)F)cn12. The number of hydrogen-bond acceptors (Lipinski definition) is 4. The first-order valence-electron chi connectivity index (χ1n) is 9.87. The normalized spacial score (nSPS) is 16.9. The van der Waals surface area contributed by atoms with Crippen LogP contribution in [0.25, 0.3) is 5.65 Å². The van der Waals surface area contributed by atoms with Gasteiger partial charge in [-0.3, -0.25) is 14.1 Å². The summed E-state index contributed by atoms with van der Waals surface area (Å²) in [6, 6.07) is 7.61. The number of pyridine rings is 1. The number of benzene rings is 1. The molecule has 1 saturated carbocycles. The fourth-order valence-electron chi connectivity index (χ4n) is 3.94. The van der Waals surface area contributed by atoms with Crippen molar-refractivity contribution in [3.63, 3.8) is 0 Å². The molecule has 0 atom stereocenters. The molecule has 0 N–H and O–H groups in total. The van der Waals surface area contributed by atoms with Crippen LogP contribution < -0.4 is 4.90 Å². The van der Waals surface area contributed by atoms with E-state index in [1.54, 1.807) is 0 Å². The number of carbonyl (C=O) groups excluding carboxylic acids is 1. The highest BCUT2D eigenvalue weighted by atomic mass is 32.2. The summed E-state index contributed by atoms with van der Waals surface area (Å²) in [5, 5.41) is -0.403. The maximum atomic E-state index is 13.2. The molecule has 10 heteroatoms. The lowest BCUT2D eigenvalue weighted by atomic mass is 10.0. The summed E-state index contributed by atoms with van der Waals surface area (Å²) in [5.74, 6) is -0.441. The molecule has 6 nitrogen and oxygen atoms in total. The van der Waals surface area contributed by atoms with Gasteiger partial charge in [0.1, 0.15) is 5.65 Å². The van der Waals surface area contributed by atoms with E-state index in [4.69, 9.17) is 0 Å². The van der Waals surface area contributed by atoms with Crippen LogP contribution in [0, 0.1) is 0 Å². The Morgan fingerprint density at radius 1 is 1.16 bits per heavy atom. The van der Waals surface area contributed by atoms with Crippen LogP contribution in [-0.4, -0.2) is 29.5 Å². The second kappa shape index (κ2) is 6.56. The number of nitrogens with zero attached hydrogens (tertiary/aromatic N) is 3. The molecular formula is C21H18F3N3O3S. The van der Waals surface area contributed by atoms with Crippen LogP contribution in [0.1, 0.15) is 52.7 Å². The summed E-state index contributed by atoms with van der Waals surface area (Å²) >= 11 is 0. The Bertz CT molecular complexity index is 1340. The minimum absolute atomic E-state index is 0.0254. The minimum Gasteiger partial charge on any atom is -0.288 e. The molecule has 31 heavy (non-hydrogen) atoms. The summed E-state index contributed by atoms with van der Waals surface area (Å²) in [7, 11) is -3.99. The predicted molar refractivity (Wildman–Crippen MR) is 107 cm³/mol. The Morgan fingerprint density at radius 2 is 1.90 bits per heavy atom. The fraction of sp³-hybridized carbons (Fsp3) is 0.333. The molecule has 1 fully saturated rings. The van der Waals surface area contributed by atoms with Gasteiger partial charge in [0.2, 0.25) is 0 Å². The van der Waals surface area contributed by atoms with Crippen molar-refractivity contribution in [1.82, 2.24) is 9.38 Å². The molecule has 3 heterocycles. The summed E-state index contributed by atoms with van der Waals surface area (Å²) < 4.78 is 66.4. The van der Waals surface area contributed by atoms with Crippen LogP contribution in [0.2, 0.25) is 0 Å². The van der Waals surface area contributed by atoms with Crippen molar-refractivity contribution in [2.45, 2.75) is 43.4 Å². The molecule has 162 valence electrons. The number of hydrogen-bond donors (Lipinski definition) is 0. The Morgan fingerprint density at radius 3 is 2.55 bits per heavy atom. The van der Waals surface area contributed by atoms with Crippen molar-refractivity contribution in [1.29, 1.82) is 0 Å². The number of rotatable bonds is 4. The smallest absolute Gasteiger partial charge is 0.288 e. The minimum atomic E-state index is -4.65. The number of fused-ring (bicyclic) bond motifs is 2. The van der Waals surface area contributed by atoms with Crippen LogP contribution in [0.15, 0.2) is 41.6 Å². The second-order valence-corrected chi connectivity index (χ2v) is 10.1. The van der Waals surface area contributed by atoms with Gasteiger partial charge in [0.25, 0.3) is 5.91 Å². The molecule has 5 rings (SSSR count). The van der Waals surface area contributed by atoms with Gasteiger partial charge in [-0.25, -0.2) is 13.4 Å². The summed E-state index contributed by atoms with van der Waals surface area (Å²) in [4.78, 5) is 18.7. The van der Waals surface area contributed by atoms with Gasteiger partial charge in [-0.05, 0) is 48.1 Å². The first-order valence-corrected chi connectivity index (χ1v) is 11.5. The van der Waals surface area contributed by atoms with E-state index in [1.165, 1.54) is 11.8 Å². The monoisotopic (exact) mass is 449 g/mol. The lowest BCUT2D eigenvalue weighted by Crippen LogP contribution is -2.26. The van der Waals surface area contributed by atoms with E-state index in [-0.39, 0.29) is 23.8 Å². The van der Waals surface area contributed by atoms with Crippen molar-refractivity contribution in [2.24, 2.45) is 0 Å². The highest BCUT2D eigenvalue weighted by molar-refractivity contribution is 7.91. The number of carbonyl (C=O) groups is 1. The zero-order valence-electron chi connectivity index (χ0n) is 16.5. The molecule has 0 saturated heterocycles. The first-order chi connectivity index (χ1) is 14.6. The van der Waals surface area contributed by atoms with E-state index in [0.717, 1.165) is 40.5 Å². The second-order valence-electron chi connectivity index (χ2n) is 7.87. The van der Waals surface area contributed by atoms with Crippen molar-refractivity contribution < 1.29 is 26.4 Å². The van der Waals surface area contributed by atoms with E-state index in [1.807, 2.05) is 18.2 Å². The van der Waals surface area contributed by atoms with Gasteiger partial charge in [0, 0.05) is 11.8 Å². The number of imidazole rings is 1. The Balaban J connectivity index is 1.67. The van der Waals surface area contributed by atoms with Crippen molar-refractivity contribution in [3.05, 3.63) is 58.8 Å². The third-order valence-electron chi connectivity index (χ3n) is 5.80. The number of sulfone groups is 1. The largest absolute Gasteiger partial charge is 0.417 e. The zero-order valence-corrected chi connectivity index (χ0v) is 17.3. The highest BCUT2D eigenvalue weighted by Crippen LogP contribution is 2.42. The van der Waals surface area contributed by atoms with Crippen LogP contribution >= 0.6 is 0 Å². The third-order valence-corrected chi connectivity index (χ3v) is 7.53. The van der Waals surface area contributed by atoms with Crippen molar-refractivity contribution in [3.8, 4) is 0 Å². The average molecular weight is 449 g/mol. The van der Waals surface area contributed by atoms with E-state index < -0.39 is 32.5 Å². The molecule has 2 aliphatic rings. The Hall–Kier alpha value is -2.88. The molecule has 1 amide bonds. The van der Waals surface area contributed by atoms with Gasteiger partial charge in [-0.1, -0.05) is 19.1 Å². The summed E-state index contributed by atoms with van der Waals surface area (Å²) in [5.41, 5.74) is 1.32. The van der Waals surface area contributed by atoms with Gasteiger partial charge in [-0.15, -0.1) is 0 Å². The quantitative estimate of drug-likeness (QED) is 0.599. The van der Waals surface area contributed by atoms with E-state index in [2.05, 4.69) is 4.98 Å². The van der Waals surface area contributed by atoms with E-state index in [0.29, 0.717) is 17.7 Å². The topological polar surface area (TPSA) is 71.8 Å². The lowest BCUT2D eigenvalue weighted by Gasteiger charge is -2.15. The first kappa shape index (κ1) is 20.0. The molecule has 1 aliphatic heterocycles. The van der Waals surface area contributed by atoms with Gasteiger partial charge in [0.15, 0.2) is 20.7 Å². The molecular weight excluding hydrogens is 431 g/mol. The zero-order chi connectivity index (χ0) is 22.1. The third kappa shape index (κ3) is 3.20. The standard InChI is InChI=1S/C21H18F3N3O3S/c1-2-31(29,30)20-18(25-17-8-7-15(11-26(17)20)21(22,23)24)27-10-14-6-5-13(12-3-4-12)9-16(14)19(27)28/h5-9,11-12H,2-4,10H2,1H3. The number of halogens is 3. The molecule has 3 aromatic rings. The maximum Gasteiger partial charge on any atom is 0.417 e. The molecule has 0 unspecified atom stereocenters. The van der Waals surface area contributed by atoms with Crippen LogP contribution in [-0.2, 0) is 22.6 Å². The molecule has 2 aromatic heterocycles. The fourth-order valence-corrected chi connectivity index (χ4v) is 5.09. The van der Waals surface area contributed by atoms with E-state index >= 15 is 0 Å². The number of alkyl halides is 3. The van der Waals surface area contributed by atoms with Gasteiger partial charge in [-0.2, -0.15) is 13.2 Å². The van der Waals surface area contributed by atoms with Gasteiger partial charge < -0.3 is 0 Å². The average Bonchev–Trinajstić information content (AvgIpc) is 3.42. The molecule has 0 radical (unpaired) electrons. The van der Waals surface area contributed by atoms with Crippen LogP contribution in [0.3, 0.4) is 0 Å². The number of anilines is 1. The van der Waals surface area contributed by atoms with Crippen LogP contribution in [0.4, 0.5) is 19.0 Å².